The molecule has 2 aliphatic rings. The van der Waals surface area contributed by atoms with E-state index >= 15 is 0 Å². The van der Waals surface area contributed by atoms with E-state index in [0.29, 0.717) is 38.7 Å². The van der Waals surface area contributed by atoms with Gasteiger partial charge in [-0.2, -0.15) is 0 Å². The van der Waals surface area contributed by atoms with Gasteiger partial charge in [-0.05, 0) is 39.2 Å². The molecule has 0 unspecified atom stereocenters. The lowest BCUT2D eigenvalue weighted by Gasteiger charge is -2.38. The summed E-state index contributed by atoms with van der Waals surface area (Å²) in [6, 6.07) is 10.6. The lowest BCUT2D eigenvalue weighted by Crippen LogP contribution is -2.53. The molecule has 2 heterocycles. The van der Waals surface area contributed by atoms with Gasteiger partial charge in [-0.15, -0.1) is 0 Å². The summed E-state index contributed by atoms with van der Waals surface area (Å²) in [4.78, 5) is 20.8. The van der Waals surface area contributed by atoms with Gasteiger partial charge < -0.3 is 25.0 Å². The van der Waals surface area contributed by atoms with Crippen LogP contribution in [0.3, 0.4) is 0 Å². The molecule has 0 radical (unpaired) electrons. The lowest BCUT2D eigenvalue weighted by molar-refractivity contribution is 0.0186. The summed E-state index contributed by atoms with van der Waals surface area (Å²) in [5.41, 5.74) is 7.13. The van der Waals surface area contributed by atoms with Gasteiger partial charge in [0, 0.05) is 44.8 Å². The monoisotopic (exact) mass is 402 g/mol. The number of guanidine groups is 1. The van der Waals surface area contributed by atoms with Crippen LogP contribution in [0.5, 0.6) is 0 Å². The minimum Gasteiger partial charge on any atom is -0.444 e. The van der Waals surface area contributed by atoms with E-state index in [1.165, 1.54) is 5.56 Å². The maximum atomic E-state index is 12.2. The average Bonchev–Trinajstić information content (AvgIpc) is 2.72. The van der Waals surface area contributed by atoms with E-state index in [1.54, 1.807) is 4.90 Å². The fourth-order valence-electron chi connectivity index (χ4n) is 3.87. The van der Waals surface area contributed by atoms with Gasteiger partial charge in [-0.1, -0.05) is 30.3 Å². The van der Waals surface area contributed by atoms with Gasteiger partial charge in [0.15, 0.2) is 5.96 Å². The zero-order chi connectivity index (χ0) is 20.9. The third-order valence-electron chi connectivity index (χ3n) is 5.64. The van der Waals surface area contributed by atoms with E-state index in [-0.39, 0.29) is 11.5 Å². The van der Waals surface area contributed by atoms with Crippen molar-refractivity contribution in [3.8, 4) is 0 Å². The second kappa shape index (κ2) is 9.03. The molecule has 1 aromatic rings. The normalized spacial score (nSPS) is 20.4. The number of hydrogen-bond donors (Lipinski definition) is 1. The summed E-state index contributed by atoms with van der Waals surface area (Å²) in [5, 5.41) is 0. The first-order chi connectivity index (χ1) is 13.8. The average molecular weight is 403 g/mol. The standard InChI is InChI=1S/C22H34N4O3/c1-21(2,3)29-20(27)26-13-11-25(12-14-26)19(23)24-17-22(9-15-28-16-10-22)18-7-5-4-6-8-18/h4-8H,9-17H2,1-3H3,(H2,23,24). The van der Waals surface area contributed by atoms with Crippen molar-refractivity contribution in [1.29, 1.82) is 0 Å². The fourth-order valence-corrected chi connectivity index (χ4v) is 3.87. The molecule has 0 bridgehead atoms. The minimum atomic E-state index is -0.482. The maximum absolute atomic E-state index is 12.2. The number of nitrogens with zero attached hydrogens (tertiary/aromatic N) is 3. The molecule has 29 heavy (non-hydrogen) atoms. The van der Waals surface area contributed by atoms with Crippen LogP contribution in [-0.4, -0.2) is 73.4 Å². The van der Waals surface area contributed by atoms with Gasteiger partial charge in [0.05, 0.1) is 6.54 Å². The van der Waals surface area contributed by atoms with Gasteiger partial charge >= 0.3 is 6.09 Å². The molecular formula is C22H34N4O3. The van der Waals surface area contributed by atoms with Crippen LogP contribution in [0.25, 0.3) is 0 Å². The molecule has 1 aromatic carbocycles. The van der Waals surface area contributed by atoms with E-state index in [4.69, 9.17) is 20.2 Å². The SMILES string of the molecule is CC(C)(C)OC(=O)N1CCN(C(N)=NCC2(c3ccccc3)CCOCC2)CC1. The second-order valence-electron chi connectivity index (χ2n) is 8.89. The van der Waals surface area contributed by atoms with Gasteiger partial charge in [0.25, 0.3) is 0 Å². The zero-order valence-electron chi connectivity index (χ0n) is 17.9. The molecule has 0 spiro atoms. The molecular weight excluding hydrogens is 368 g/mol. The van der Waals surface area contributed by atoms with Crippen molar-refractivity contribution in [2.45, 2.75) is 44.6 Å². The summed E-state index contributed by atoms with van der Waals surface area (Å²) in [6.07, 6.45) is 1.62. The number of piperazine rings is 1. The minimum absolute atomic E-state index is 0.0253. The molecule has 7 nitrogen and oxygen atoms in total. The molecule has 1 amide bonds. The lowest BCUT2D eigenvalue weighted by atomic mass is 9.74. The Morgan fingerprint density at radius 1 is 1.10 bits per heavy atom. The quantitative estimate of drug-likeness (QED) is 0.621. The summed E-state index contributed by atoms with van der Waals surface area (Å²) in [6.45, 7) is 10.3. The van der Waals surface area contributed by atoms with Gasteiger partial charge in [0.2, 0.25) is 0 Å². The predicted octanol–water partition coefficient (Wildman–Crippen LogP) is 2.60. The number of amides is 1. The number of nitrogens with two attached hydrogens (primary N) is 1. The third kappa shape index (κ3) is 5.63. The summed E-state index contributed by atoms with van der Waals surface area (Å²) in [7, 11) is 0. The Morgan fingerprint density at radius 3 is 2.28 bits per heavy atom. The third-order valence-corrected chi connectivity index (χ3v) is 5.64. The highest BCUT2D eigenvalue weighted by Crippen LogP contribution is 2.35. The van der Waals surface area contributed by atoms with Crippen molar-refractivity contribution in [2.75, 3.05) is 45.9 Å². The van der Waals surface area contributed by atoms with Crippen molar-refractivity contribution in [3.63, 3.8) is 0 Å². The van der Waals surface area contributed by atoms with Crippen molar-refractivity contribution in [1.82, 2.24) is 9.80 Å². The zero-order valence-corrected chi connectivity index (χ0v) is 17.9. The van der Waals surface area contributed by atoms with Crippen LogP contribution >= 0.6 is 0 Å². The summed E-state index contributed by atoms with van der Waals surface area (Å²) in [5.74, 6) is 0.552. The van der Waals surface area contributed by atoms with Crippen LogP contribution in [-0.2, 0) is 14.9 Å². The Bertz CT molecular complexity index is 701. The Labute approximate surface area is 173 Å². The summed E-state index contributed by atoms with van der Waals surface area (Å²) < 4.78 is 11.1. The van der Waals surface area contributed by atoms with Crippen molar-refractivity contribution < 1.29 is 14.3 Å². The number of carbonyl (C=O) groups is 1. The Morgan fingerprint density at radius 2 is 1.69 bits per heavy atom. The molecule has 0 atom stereocenters. The number of rotatable bonds is 3. The van der Waals surface area contributed by atoms with Crippen LogP contribution in [0.4, 0.5) is 4.79 Å². The maximum Gasteiger partial charge on any atom is 0.410 e. The van der Waals surface area contributed by atoms with Gasteiger partial charge in [-0.3, -0.25) is 4.99 Å². The molecule has 0 aliphatic carbocycles. The van der Waals surface area contributed by atoms with Crippen molar-refractivity contribution in [2.24, 2.45) is 10.7 Å². The molecule has 0 saturated carbocycles. The fraction of sp³-hybridized carbons (Fsp3) is 0.636. The van der Waals surface area contributed by atoms with Crippen LogP contribution in [0, 0.1) is 0 Å². The van der Waals surface area contributed by atoms with E-state index in [1.807, 2.05) is 26.8 Å². The molecule has 2 fully saturated rings. The predicted molar refractivity (Wildman–Crippen MR) is 114 cm³/mol. The van der Waals surface area contributed by atoms with Crippen molar-refractivity contribution in [3.05, 3.63) is 35.9 Å². The first-order valence-corrected chi connectivity index (χ1v) is 10.5. The van der Waals surface area contributed by atoms with E-state index < -0.39 is 5.60 Å². The van der Waals surface area contributed by atoms with Crippen molar-refractivity contribution >= 4 is 12.1 Å². The van der Waals surface area contributed by atoms with Gasteiger partial charge in [-0.25, -0.2) is 4.79 Å². The number of benzene rings is 1. The molecule has 2 saturated heterocycles. The molecule has 3 rings (SSSR count). The smallest absolute Gasteiger partial charge is 0.410 e. The number of hydrogen-bond acceptors (Lipinski definition) is 4. The summed E-state index contributed by atoms with van der Waals surface area (Å²) >= 11 is 0. The highest BCUT2D eigenvalue weighted by Gasteiger charge is 2.34. The molecule has 160 valence electrons. The second-order valence-corrected chi connectivity index (χ2v) is 8.89. The number of ether oxygens (including phenoxy) is 2. The molecule has 7 heteroatoms. The van der Waals surface area contributed by atoms with Gasteiger partial charge in [0.1, 0.15) is 5.60 Å². The number of aliphatic imine (C=N–C) groups is 1. The van der Waals surface area contributed by atoms with Crippen LogP contribution < -0.4 is 5.73 Å². The first kappa shape index (κ1) is 21.4. The van der Waals surface area contributed by atoms with Crippen LogP contribution in [0.2, 0.25) is 0 Å². The molecule has 2 N–H and O–H groups in total. The van der Waals surface area contributed by atoms with E-state index in [9.17, 15) is 4.79 Å². The Balaban J connectivity index is 1.60. The van der Waals surface area contributed by atoms with E-state index in [0.717, 1.165) is 26.1 Å². The Kier molecular flexibility index (Phi) is 6.67. The largest absolute Gasteiger partial charge is 0.444 e. The highest BCUT2D eigenvalue weighted by molar-refractivity contribution is 5.78. The first-order valence-electron chi connectivity index (χ1n) is 10.5. The molecule has 2 aliphatic heterocycles. The van der Waals surface area contributed by atoms with E-state index in [2.05, 4.69) is 29.2 Å². The molecule has 0 aromatic heterocycles. The van der Waals surface area contributed by atoms with Crippen LogP contribution in [0.15, 0.2) is 35.3 Å². The highest BCUT2D eigenvalue weighted by atomic mass is 16.6. The topological polar surface area (TPSA) is 80.4 Å². The van der Waals surface area contributed by atoms with Crippen LogP contribution in [0.1, 0.15) is 39.2 Å². The number of carbonyl (C=O) groups excluding carboxylic acids is 1. The Hall–Kier alpha value is -2.28.